The Morgan fingerprint density at radius 3 is 2.86 bits per heavy atom. The first-order valence-electron chi connectivity index (χ1n) is 8.66. The lowest BCUT2D eigenvalue weighted by Gasteiger charge is -2.28. The van der Waals surface area contributed by atoms with Gasteiger partial charge in [0.25, 0.3) is 15.9 Å². The zero-order valence-electron chi connectivity index (χ0n) is 15.3. The Morgan fingerprint density at radius 2 is 2.11 bits per heavy atom. The number of rotatable bonds is 3. The van der Waals surface area contributed by atoms with E-state index in [9.17, 15) is 13.2 Å². The topological polar surface area (TPSA) is 105 Å². The lowest BCUT2D eigenvalue weighted by atomic mass is 10.1. The molecule has 0 atom stereocenters. The highest BCUT2D eigenvalue weighted by Crippen LogP contribution is 2.25. The summed E-state index contributed by atoms with van der Waals surface area (Å²) in [6.07, 6.45) is 4.95. The first kappa shape index (κ1) is 18.2. The molecule has 9 heteroatoms. The first-order chi connectivity index (χ1) is 13.3. The molecule has 0 fully saturated rings. The second-order valence-corrected chi connectivity index (χ2v) is 8.27. The molecule has 0 radical (unpaired) electrons. The summed E-state index contributed by atoms with van der Waals surface area (Å²) in [7, 11) is -3.57. The SMILES string of the molecule is Cc1nc(-c2cccc(NC(=O)C3=CC=CN4CCS(=O)(=O)N=C34)c2)oc1C. The largest absolute Gasteiger partial charge is 0.441 e. The van der Waals surface area contributed by atoms with Crippen molar-refractivity contribution in [2.24, 2.45) is 4.40 Å². The van der Waals surface area contributed by atoms with Crippen LogP contribution in [0.1, 0.15) is 11.5 Å². The smallest absolute Gasteiger partial charge is 0.259 e. The van der Waals surface area contributed by atoms with Crippen LogP contribution < -0.4 is 5.32 Å². The van der Waals surface area contributed by atoms with Gasteiger partial charge in [-0.2, -0.15) is 0 Å². The Bertz CT molecular complexity index is 1140. The number of anilines is 1. The molecule has 0 spiro atoms. The second kappa shape index (κ2) is 6.75. The maximum absolute atomic E-state index is 12.8. The Morgan fingerprint density at radius 1 is 1.29 bits per heavy atom. The number of aryl methyl sites for hydroxylation is 2. The van der Waals surface area contributed by atoms with Crippen LogP contribution in [0.3, 0.4) is 0 Å². The Kier molecular flexibility index (Phi) is 4.38. The molecule has 2 aliphatic rings. The van der Waals surface area contributed by atoms with E-state index in [4.69, 9.17) is 4.42 Å². The van der Waals surface area contributed by atoms with Crippen molar-refractivity contribution in [1.82, 2.24) is 9.88 Å². The number of aromatic nitrogens is 1. The predicted octanol–water partition coefficient (Wildman–Crippen LogP) is 2.39. The summed E-state index contributed by atoms with van der Waals surface area (Å²) in [6.45, 7) is 3.97. The molecule has 144 valence electrons. The third-order valence-electron chi connectivity index (χ3n) is 4.50. The number of oxazole rings is 1. The van der Waals surface area contributed by atoms with Crippen LogP contribution in [-0.2, 0) is 14.8 Å². The van der Waals surface area contributed by atoms with Crippen LogP contribution in [0.2, 0.25) is 0 Å². The standard InChI is InChI=1S/C19H18N4O4S/c1-12-13(2)27-19(20-12)14-5-3-6-15(11-14)21-18(24)16-7-4-8-23-9-10-28(25,26)22-17(16)23/h3-8,11H,9-10H2,1-2H3,(H,21,24). The fraction of sp³-hybridized carbons (Fsp3) is 0.211. The van der Waals surface area contributed by atoms with Crippen LogP contribution in [0, 0.1) is 13.8 Å². The van der Waals surface area contributed by atoms with Crippen LogP contribution in [0.15, 0.2) is 57.0 Å². The van der Waals surface area contributed by atoms with E-state index in [0.29, 0.717) is 11.6 Å². The minimum atomic E-state index is -3.57. The van der Waals surface area contributed by atoms with E-state index < -0.39 is 15.9 Å². The molecular formula is C19H18N4O4S. The quantitative estimate of drug-likeness (QED) is 0.851. The number of benzene rings is 1. The van der Waals surface area contributed by atoms with Gasteiger partial charge in [0.15, 0.2) is 5.84 Å². The van der Waals surface area contributed by atoms with Crippen molar-refractivity contribution < 1.29 is 17.6 Å². The molecule has 1 amide bonds. The molecule has 28 heavy (non-hydrogen) atoms. The molecule has 1 N–H and O–H groups in total. The number of nitrogens with one attached hydrogen (secondary N) is 1. The minimum Gasteiger partial charge on any atom is -0.441 e. The third kappa shape index (κ3) is 3.48. The Balaban J connectivity index is 1.60. The van der Waals surface area contributed by atoms with Gasteiger partial charge in [0.1, 0.15) is 5.76 Å². The monoisotopic (exact) mass is 398 g/mol. The van der Waals surface area contributed by atoms with E-state index in [1.165, 1.54) is 0 Å². The highest BCUT2D eigenvalue weighted by Gasteiger charge is 2.30. The van der Waals surface area contributed by atoms with Gasteiger partial charge in [-0.1, -0.05) is 6.07 Å². The van der Waals surface area contributed by atoms with Crippen molar-refractivity contribution in [1.29, 1.82) is 0 Å². The number of allylic oxidation sites excluding steroid dienone is 2. The molecule has 3 heterocycles. The molecule has 0 unspecified atom stereocenters. The molecule has 1 aromatic carbocycles. The lowest BCUT2D eigenvalue weighted by molar-refractivity contribution is -0.112. The molecule has 0 aliphatic carbocycles. The summed E-state index contributed by atoms with van der Waals surface area (Å²) in [4.78, 5) is 18.8. The van der Waals surface area contributed by atoms with E-state index in [2.05, 4.69) is 14.7 Å². The number of carbonyl (C=O) groups excluding carboxylic acids is 1. The van der Waals surface area contributed by atoms with Crippen molar-refractivity contribution in [3.05, 3.63) is 59.6 Å². The van der Waals surface area contributed by atoms with Crippen molar-refractivity contribution in [3.63, 3.8) is 0 Å². The molecule has 1 aromatic heterocycles. The van der Waals surface area contributed by atoms with Gasteiger partial charge < -0.3 is 14.6 Å². The summed E-state index contributed by atoms with van der Waals surface area (Å²) < 4.78 is 33.1. The fourth-order valence-corrected chi connectivity index (χ4v) is 3.90. The predicted molar refractivity (Wildman–Crippen MR) is 105 cm³/mol. The maximum atomic E-state index is 12.8. The number of amides is 1. The van der Waals surface area contributed by atoms with Gasteiger partial charge in [-0.3, -0.25) is 4.79 Å². The molecule has 2 aromatic rings. The number of hydrogen-bond acceptors (Lipinski definition) is 6. The highest BCUT2D eigenvalue weighted by atomic mass is 32.2. The van der Waals surface area contributed by atoms with Crippen LogP contribution in [0.5, 0.6) is 0 Å². The van der Waals surface area contributed by atoms with Gasteiger partial charge in [0, 0.05) is 24.0 Å². The van der Waals surface area contributed by atoms with Gasteiger partial charge in [-0.05, 0) is 44.2 Å². The average Bonchev–Trinajstić information content (AvgIpc) is 2.99. The van der Waals surface area contributed by atoms with Crippen LogP contribution in [0.4, 0.5) is 5.69 Å². The molecule has 0 saturated heterocycles. The van der Waals surface area contributed by atoms with Gasteiger partial charge in [-0.25, -0.2) is 13.4 Å². The number of sulfonamides is 1. The summed E-state index contributed by atoms with van der Waals surface area (Å²) in [5, 5.41) is 2.79. The summed E-state index contributed by atoms with van der Waals surface area (Å²) >= 11 is 0. The fourth-order valence-electron chi connectivity index (χ4n) is 2.92. The average molecular weight is 398 g/mol. The number of fused-ring (bicyclic) bond motifs is 1. The maximum Gasteiger partial charge on any atom is 0.259 e. The molecule has 4 rings (SSSR count). The zero-order valence-corrected chi connectivity index (χ0v) is 16.2. The van der Waals surface area contributed by atoms with Gasteiger partial charge in [0.05, 0.1) is 17.0 Å². The summed E-state index contributed by atoms with van der Waals surface area (Å²) in [6, 6.07) is 7.10. The Hall–Kier alpha value is -3.20. The minimum absolute atomic E-state index is 0.0766. The van der Waals surface area contributed by atoms with Gasteiger partial charge in [0.2, 0.25) is 5.89 Å². The molecule has 0 bridgehead atoms. The lowest BCUT2D eigenvalue weighted by Crippen LogP contribution is -2.40. The van der Waals surface area contributed by atoms with E-state index in [-0.39, 0.29) is 23.7 Å². The number of nitrogens with zero attached hydrogens (tertiary/aromatic N) is 3. The number of carbonyl (C=O) groups is 1. The molecule has 8 nitrogen and oxygen atoms in total. The van der Waals surface area contributed by atoms with Crippen LogP contribution in [0.25, 0.3) is 11.5 Å². The third-order valence-corrected chi connectivity index (χ3v) is 5.65. The van der Waals surface area contributed by atoms with Crippen LogP contribution >= 0.6 is 0 Å². The number of hydrogen-bond donors (Lipinski definition) is 1. The zero-order chi connectivity index (χ0) is 19.9. The van der Waals surface area contributed by atoms with E-state index in [1.807, 2.05) is 19.9 Å². The van der Waals surface area contributed by atoms with Crippen molar-refractivity contribution in [2.75, 3.05) is 17.6 Å². The molecular weight excluding hydrogens is 380 g/mol. The number of amidine groups is 1. The first-order valence-corrected chi connectivity index (χ1v) is 10.3. The highest BCUT2D eigenvalue weighted by molar-refractivity contribution is 7.90. The van der Waals surface area contributed by atoms with Gasteiger partial charge in [-0.15, -0.1) is 4.40 Å². The van der Waals surface area contributed by atoms with Gasteiger partial charge >= 0.3 is 0 Å². The normalized spacial score (nSPS) is 17.6. The van der Waals surface area contributed by atoms with Crippen molar-refractivity contribution in [2.45, 2.75) is 13.8 Å². The van der Waals surface area contributed by atoms with E-state index >= 15 is 0 Å². The van der Waals surface area contributed by atoms with E-state index in [1.54, 1.807) is 41.5 Å². The van der Waals surface area contributed by atoms with Crippen LogP contribution in [-0.4, -0.2) is 42.3 Å². The van der Waals surface area contributed by atoms with Crippen molar-refractivity contribution >= 4 is 27.5 Å². The second-order valence-electron chi connectivity index (χ2n) is 6.51. The molecule has 2 aliphatic heterocycles. The van der Waals surface area contributed by atoms with Crippen molar-refractivity contribution in [3.8, 4) is 11.5 Å². The summed E-state index contributed by atoms with van der Waals surface area (Å²) in [5.41, 5.74) is 2.27. The van der Waals surface area contributed by atoms with E-state index in [0.717, 1.165) is 17.0 Å². The summed E-state index contributed by atoms with van der Waals surface area (Å²) in [5.74, 6) is 0.829. The molecule has 0 saturated carbocycles. The Labute approximate surface area is 162 Å².